The second-order valence-corrected chi connectivity index (χ2v) is 5.22. The lowest BCUT2D eigenvalue weighted by Gasteiger charge is -2.17. The molecule has 0 aliphatic heterocycles. The number of benzene rings is 1. The highest BCUT2D eigenvalue weighted by Gasteiger charge is 2.38. The smallest absolute Gasteiger partial charge is 0.338 e. The van der Waals surface area contributed by atoms with E-state index in [1.165, 1.54) is 20.2 Å². The van der Waals surface area contributed by atoms with Crippen LogP contribution in [0, 0.1) is 10.1 Å². The summed E-state index contributed by atoms with van der Waals surface area (Å²) in [6.07, 6.45) is 1.50. The molecule has 0 radical (unpaired) electrons. The molecule has 2 aromatic rings. The maximum atomic E-state index is 12.3. The minimum Gasteiger partial charge on any atom is -0.465 e. The molecule has 2 rings (SSSR count). The molecule has 0 aliphatic carbocycles. The molecule has 8 heteroatoms. The van der Waals surface area contributed by atoms with E-state index in [0.717, 1.165) is 0 Å². The van der Waals surface area contributed by atoms with Crippen molar-refractivity contribution in [1.29, 1.82) is 0 Å². The van der Waals surface area contributed by atoms with Gasteiger partial charge in [-0.25, -0.2) is 4.79 Å². The number of rotatable bonds is 6. The Bertz CT molecular complexity index is 782. The molecule has 0 fully saturated rings. The van der Waals surface area contributed by atoms with Gasteiger partial charge >= 0.3 is 11.9 Å². The molecule has 2 unspecified atom stereocenters. The van der Waals surface area contributed by atoms with Crippen LogP contribution in [0.5, 0.6) is 0 Å². The van der Waals surface area contributed by atoms with Crippen molar-refractivity contribution in [2.45, 2.75) is 25.8 Å². The number of nitrogens with one attached hydrogen (secondary N) is 1. The number of ether oxygens (including phenoxy) is 2. The zero-order valence-electron chi connectivity index (χ0n) is 13.6. The quantitative estimate of drug-likeness (QED) is 0.493. The number of nitro groups is 1. The molecule has 24 heavy (non-hydrogen) atoms. The molecule has 1 aromatic heterocycles. The molecule has 1 heterocycles. The van der Waals surface area contributed by atoms with Crippen molar-refractivity contribution in [2.24, 2.45) is 0 Å². The first-order valence-electron chi connectivity index (χ1n) is 7.40. The van der Waals surface area contributed by atoms with Crippen LogP contribution in [0.25, 0.3) is 10.9 Å². The molecule has 1 N–H and O–H groups in total. The number of H-pyrrole nitrogens is 1. The fourth-order valence-electron chi connectivity index (χ4n) is 2.67. The lowest BCUT2D eigenvalue weighted by atomic mass is 9.90. The predicted molar refractivity (Wildman–Crippen MR) is 85.5 cm³/mol. The summed E-state index contributed by atoms with van der Waals surface area (Å²) < 4.78 is 9.76. The first-order valence-corrected chi connectivity index (χ1v) is 7.40. The Morgan fingerprint density at radius 1 is 1.38 bits per heavy atom. The van der Waals surface area contributed by atoms with Crippen LogP contribution in [0.15, 0.2) is 24.4 Å². The predicted octanol–water partition coefficient (Wildman–Crippen LogP) is 2.27. The molecule has 0 amide bonds. The van der Waals surface area contributed by atoms with Crippen LogP contribution in [0.2, 0.25) is 0 Å². The Morgan fingerprint density at radius 3 is 2.67 bits per heavy atom. The van der Waals surface area contributed by atoms with Gasteiger partial charge in [0.1, 0.15) is 0 Å². The highest BCUT2D eigenvalue weighted by atomic mass is 16.6. The van der Waals surface area contributed by atoms with Crippen molar-refractivity contribution in [1.82, 2.24) is 4.98 Å². The van der Waals surface area contributed by atoms with Crippen molar-refractivity contribution in [3.05, 3.63) is 45.6 Å². The number of fused-ring (bicyclic) bond motifs is 1. The summed E-state index contributed by atoms with van der Waals surface area (Å²) in [4.78, 5) is 38.0. The normalized spacial score (nSPS) is 13.3. The Kier molecular flexibility index (Phi) is 5.18. The molecule has 1 aromatic carbocycles. The standard InChI is InChI=1S/C16H18N2O6/c1-4-24-16(20)13(9(2)18(21)22)11-8-17-12-7-5-6-10(14(11)12)15(19)23-3/h5-9,13,17H,4H2,1-3H3. The van der Waals surface area contributed by atoms with Crippen molar-refractivity contribution < 1.29 is 24.0 Å². The van der Waals surface area contributed by atoms with E-state index in [2.05, 4.69) is 4.98 Å². The maximum absolute atomic E-state index is 12.3. The van der Waals surface area contributed by atoms with E-state index in [9.17, 15) is 19.7 Å². The van der Waals surface area contributed by atoms with Gasteiger partial charge in [-0.2, -0.15) is 0 Å². The van der Waals surface area contributed by atoms with Crippen LogP contribution in [0.1, 0.15) is 35.7 Å². The summed E-state index contributed by atoms with van der Waals surface area (Å²) in [7, 11) is 1.25. The number of hydrogen-bond donors (Lipinski definition) is 1. The van der Waals surface area contributed by atoms with Gasteiger partial charge in [-0.1, -0.05) is 6.07 Å². The van der Waals surface area contributed by atoms with Gasteiger partial charge in [0.2, 0.25) is 6.04 Å². The molecule has 0 spiro atoms. The van der Waals surface area contributed by atoms with E-state index in [1.54, 1.807) is 25.1 Å². The van der Waals surface area contributed by atoms with Gasteiger partial charge in [0.25, 0.3) is 0 Å². The number of methoxy groups -OCH3 is 1. The number of carbonyl (C=O) groups excluding carboxylic acids is 2. The van der Waals surface area contributed by atoms with Gasteiger partial charge in [-0.15, -0.1) is 0 Å². The third-order valence-corrected chi connectivity index (χ3v) is 3.83. The first-order chi connectivity index (χ1) is 11.4. The zero-order chi connectivity index (χ0) is 17.9. The molecule has 8 nitrogen and oxygen atoms in total. The Balaban J connectivity index is 2.68. The lowest BCUT2D eigenvalue weighted by Crippen LogP contribution is -2.31. The molecule has 0 saturated heterocycles. The van der Waals surface area contributed by atoms with E-state index >= 15 is 0 Å². The number of aromatic nitrogens is 1. The van der Waals surface area contributed by atoms with Crippen molar-refractivity contribution in [3.8, 4) is 0 Å². The summed E-state index contributed by atoms with van der Waals surface area (Å²) in [5.74, 6) is -2.43. The summed E-state index contributed by atoms with van der Waals surface area (Å²) in [5, 5.41) is 11.7. The van der Waals surface area contributed by atoms with E-state index < -0.39 is 28.8 Å². The minimum absolute atomic E-state index is 0.103. The third kappa shape index (κ3) is 3.08. The number of nitrogens with zero attached hydrogens (tertiary/aromatic N) is 1. The van der Waals surface area contributed by atoms with Crippen LogP contribution in [0.3, 0.4) is 0 Å². The molecular weight excluding hydrogens is 316 g/mol. The summed E-state index contributed by atoms with van der Waals surface area (Å²) in [5.41, 5.74) is 1.16. The van der Waals surface area contributed by atoms with E-state index in [0.29, 0.717) is 16.5 Å². The van der Waals surface area contributed by atoms with Gasteiger partial charge in [-0.05, 0) is 24.6 Å². The fraction of sp³-hybridized carbons (Fsp3) is 0.375. The van der Waals surface area contributed by atoms with Crippen LogP contribution in [-0.2, 0) is 14.3 Å². The number of hydrogen-bond acceptors (Lipinski definition) is 6. The largest absolute Gasteiger partial charge is 0.465 e. The van der Waals surface area contributed by atoms with Gasteiger partial charge in [0.15, 0.2) is 5.92 Å². The molecule has 0 bridgehead atoms. The number of aromatic amines is 1. The minimum atomic E-state index is -1.21. The van der Waals surface area contributed by atoms with Crippen LogP contribution < -0.4 is 0 Å². The second kappa shape index (κ2) is 7.12. The highest BCUT2D eigenvalue weighted by Crippen LogP contribution is 2.32. The topological polar surface area (TPSA) is 112 Å². The molecule has 0 saturated carbocycles. The van der Waals surface area contributed by atoms with Gasteiger partial charge < -0.3 is 14.5 Å². The van der Waals surface area contributed by atoms with Gasteiger partial charge in [-0.3, -0.25) is 14.9 Å². The molecule has 128 valence electrons. The van der Waals surface area contributed by atoms with Gasteiger partial charge in [0, 0.05) is 28.9 Å². The molecule has 0 aliphatic rings. The number of esters is 2. The second-order valence-electron chi connectivity index (χ2n) is 5.22. The van der Waals surface area contributed by atoms with E-state index in [-0.39, 0.29) is 12.2 Å². The Hall–Kier alpha value is -2.90. The SMILES string of the molecule is CCOC(=O)C(c1c[nH]c2cccc(C(=O)OC)c12)C(C)[N+](=O)[O-]. The third-order valence-electron chi connectivity index (χ3n) is 3.83. The highest BCUT2D eigenvalue weighted by molar-refractivity contribution is 6.06. The monoisotopic (exact) mass is 334 g/mol. The summed E-state index contributed by atoms with van der Waals surface area (Å²) in [6, 6.07) is 3.70. The van der Waals surface area contributed by atoms with Crippen LogP contribution >= 0.6 is 0 Å². The molecule has 2 atom stereocenters. The van der Waals surface area contributed by atoms with Crippen molar-refractivity contribution >= 4 is 22.8 Å². The van der Waals surface area contributed by atoms with Crippen LogP contribution in [-0.4, -0.2) is 41.6 Å². The Labute approximate surface area is 137 Å². The average Bonchev–Trinajstić information content (AvgIpc) is 2.98. The summed E-state index contributed by atoms with van der Waals surface area (Å²) in [6.45, 7) is 3.06. The first kappa shape index (κ1) is 17.5. The van der Waals surface area contributed by atoms with Crippen molar-refractivity contribution in [3.63, 3.8) is 0 Å². The average molecular weight is 334 g/mol. The van der Waals surface area contributed by atoms with Crippen molar-refractivity contribution in [2.75, 3.05) is 13.7 Å². The fourth-order valence-corrected chi connectivity index (χ4v) is 2.67. The van der Waals surface area contributed by atoms with Crippen LogP contribution in [0.4, 0.5) is 0 Å². The van der Waals surface area contributed by atoms with Gasteiger partial charge in [0.05, 0.1) is 19.3 Å². The maximum Gasteiger partial charge on any atom is 0.338 e. The zero-order valence-corrected chi connectivity index (χ0v) is 13.6. The lowest BCUT2D eigenvalue weighted by molar-refractivity contribution is -0.520. The van der Waals surface area contributed by atoms with E-state index in [4.69, 9.17) is 9.47 Å². The van der Waals surface area contributed by atoms with E-state index in [1.807, 2.05) is 0 Å². The Morgan fingerprint density at radius 2 is 2.08 bits per heavy atom. The number of carbonyl (C=O) groups is 2. The molecular formula is C16H18N2O6. The summed E-state index contributed by atoms with van der Waals surface area (Å²) >= 11 is 0.